The lowest BCUT2D eigenvalue weighted by Crippen LogP contribution is -2.00. The molecule has 1 aromatic rings. The molecule has 72 valence electrons. The van der Waals surface area contributed by atoms with E-state index in [1.54, 1.807) is 0 Å². The first-order valence-electron chi connectivity index (χ1n) is 3.30. The molecule has 0 aromatic carbocycles. The molecule has 0 aliphatic rings. The predicted octanol–water partition coefficient (Wildman–Crippen LogP) is 2.77. The molecule has 1 heterocycles. The van der Waals surface area contributed by atoms with Crippen molar-refractivity contribution in [3.8, 4) is 0 Å². The third kappa shape index (κ3) is 2.47. The van der Waals surface area contributed by atoms with Gasteiger partial charge in [-0.15, -0.1) is 0 Å². The van der Waals surface area contributed by atoms with Crippen molar-refractivity contribution in [2.75, 3.05) is 0 Å². The van der Waals surface area contributed by atoms with Gasteiger partial charge in [-0.25, -0.2) is 13.8 Å². The summed E-state index contributed by atoms with van der Waals surface area (Å²) in [4.78, 5) is 3.74. The molecule has 0 atom stereocenters. The second kappa shape index (κ2) is 4.47. The molecular formula is C7H5ClF2INO. The predicted molar refractivity (Wildman–Crippen MR) is 52.8 cm³/mol. The minimum Gasteiger partial charge on any atom is -0.390 e. The molecule has 0 saturated heterocycles. The van der Waals surface area contributed by atoms with Crippen molar-refractivity contribution < 1.29 is 13.9 Å². The Morgan fingerprint density at radius 3 is 2.69 bits per heavy atom. The van der Waals surface area contributed by atoms with E-state index in [0.29, 0.717) is 3.70 Å². The van der Waals surface area contributed by atoms with Gasteiger partial charge in [0.05, 0.1) is 17.3 Å². The zero-order valence-electron chi connectivity index (χ0n) is 6.27. The lowest BCUT2D eigenvalue weighted by molar-refractivity contribution is 0.146. The topological polar surface area (TPSA) is 33.1 Å². The van der Waals surface area contributed by atoms with Gasteiger partial charge in [0.2, 0.25) is 0 Å². The summed E-state index contributed by atoms with van der Waals surface area (Å²) in [5.74, 6) is 0. The van der Waals surface area contributed by atoms with E-state index in [4.69, 9.17) is 16.7 Å². The van der Waals surface area contributed by atoms with Gasteiger partial charge < -0.3 is 5.11 Å². The first-order valence-corrected chi connectivity index (χ1v) is 4.75. The number of aliphatic hydroxyl groups is 1. The quantitative estimate of drug-likeness (QED) is 0.672. The molecule has 0 spiro atoms. The molecule has 0 amide bonds. The van der Waals surface area contributed by atoms with E-state index in [1.165, 1.54) is 0 Å². The van der Waals surface area contributed by atoms with E-state index in [2.05, 4.69) is 4.98 Å². The average molecular weight is 319 g/mol. The summed E-state index contributed by atoms with van der Waals surface area (Å²) in [6, 6.07) is 1.13. The van der Waals surface area contributed by atoms with Crippen molar-refractivity contribution in [3.05, 3.63) is 26.0 Å². The van der Waals surface area contributed by atoms with Gasteiger partial charge in [-0.05, 0) is 28.7 Å². The molecule has 1 aromatic heterocycles. The maximum absolute atomic E-state index is 12.3. The van der Waals surface area contributed by atoms with E-state index in [1.807, 2.05) is 22.6 Å². The molecule has 1 N–H and O–H groups in total. The SMILES string of the molecule is OCc1nc(I)c(Cl)cc1C(F)F. The summed E-state index contributed by atoms with van der Waals surface area (Å²) in [5.41, 5.74) is -0.336. The van der Waals surface area contributed by atoms with Gasteiger partial charge in [0.25, 0.3) is 6.43 Å². The molecule has 2 nitrogen and oxygen atoms in total. The normalized spacial score (nSPS) is 10.9. The highest BCUT2D eigenvalue weighted by molar-refractivity contribution is 14.1. The van der Waals surface area contributed by atoms with E-state index < -0.39 is 13.0 Å². The molecule has 0 unspecified atom stereocenters. The zero-order chi connectivity index (χ0) is 10.0. The van der Waals surface area contributed by atoms with E-state index in [9.17, 15) is 8.78 Å². The number of aliphatic hydroxyl groups excluding tert-OH is 1. The second-order valence-corrected chi connectivity index (χ2v) is 3.68. The van der Waals surface area contributed by atoms with Gasteiger partial charge in [0.15, 0.2) is 0 Å². The van der Waals surface area contributed by atoms with Crippen LogP contribution in [-0.2, 0) is 6.61 Å². The number of nitrogens with zero attached hydrogens (tertiary/aromatic N) is 1. The number of pyridine rings is 1. The van der Waals surface area contributed by atoms with Crippen LogP contribution in [0.3, 0.4) is 0 Å². The summed E-state index contributed by atoms with van der Waals surface area (Å²) in [7, 11) is 0. The molecule has 0 fully saturated rings. The van der Waals surface area contributed by atoms with Crippen molar-refractivity contribution in [1.82, 2.24) is 4.98 Å². The molecule has 1 rings (SSSR count). The Kier molecular flexibility index (Phi) is 3.81. The van der Waals surface area contributed by atoms with Gasteiger partial charge in [0, 0.05) is 5.56 Å². The van der Waals surface area contributed by atoms with Crippen molar-refractivity contribution >= 4 is 34.2 Å². The third-order valence-electron chi connectivity index (χ3n) is 1.43. The van der Waals surface area contributed by atoms with Gasteiger partial charge in [-0.3, -0.25) is 0 Å². The number of rotatable bonds is 2. The van der Waals surface area contributed by atoms with Crippen LogP contribution in [0.2, 0.25) is 5.02 Å². The molecule has 0 radical (unpaired) electrons. The number of halogens is 4. The smallest absolute Gasteiger partial charge is 0.265 e. The molecule has 6 heteroatoms. The fourth-order valence-corrected chi connectivity index (χ4v) is 1.44. The van der Waals surface area contributed by atoms with Gasteiger partial charge in [0.1, 0.15) is 3.70 Å². The Bertz CT molecular complexity index is 322. The molecular weight excluding hydrogens is 314 g/mol. The number of aromatic nitrogens is 1. The van der Waals surface area contributed by atoms with Crippen molar-refractivity contribution in [3.63, 3.8) is 0 Å². The van der Waals surface area contributed by atoms with Crippen LogP contribution in [0.4, 0.5) is 8.78 Å². The van der Waals surface area contributed by atoms with Crippen LogP contribution in [0.15, 0.2) is 6.07 Å². The summed E-state index contributed by atoms with van der Waals surface area (Å²) < 4.78 is 25.0. The lowest BCUT2D eigenvalue weighted by atomic mass is 10.2. The summed E-state index contributed by atoms with van der Waals surface area (Å²) in [6.45, 7) is -0.507. The minimum absolute atomic E-state index is 0.0243. The first-order chi connectivity index (χ1) is 6.06. The number of hydrogen-bond donors (Lipinski definition) is 1. The standard InChI is InChI=1S/C7H5ClF2INO/c8-4-1-3(6(9)10)5(2-13)12-7(4)11/h1,6,13H,2H2. The maximum atomic E-state index is 12.3. The highest BCUT2D eigenvalue weighted by Gasteiger charge is 2.16. The van der Waals surface area contributed by atoms with Gasteiger partial charge in [-0.1, -0.05) is 11.6 Å². The maximum Gasteiger partial charge on any atom is 0.265 e. The summed E-state index contributed by atoms with van der Waals surface area (Å²) in [6.07, 6.45) is -2.66. The van der Waals surface area contributed by atoms with Crippen LogP contribution in [0.1, 0.15) is 17.7 Å². The average Bonchev–Trinajstić information content (AvgIpc) is 2.08. The minimum atomic E-state index is -2.66. The highest BCUT2D eigenvalue weighted by Crippen LogP contribution is 2.27. The monoisotopic (exact) mass is 319 g/mol. The van der Waals surface area contributed by atoms with Gasteiger partial charge >= 0.3 is 0 Å². The van der Waals surface area contributed by atoms with E-state index >= 15 is 0 Å². The van der Waals surface area contributed by atoms with Crippen LogP contribution in [0, 0.1) is 3.70 Å². The van der Waals surface area contributed by atoms with Gasteiger partial charge in [-0.2, -0.15) is 0 Å². The Morgan fingerprint density at radius 1 is 1.62 bits per heavy atom. The van der Waals surface area contributed by atoms with Crippen LogP contribution in [-0.4, -0.2) is 10.1 Å². The summed E-state index contributed by atoms with van der Waals surface area (Å²) in [5, 5.41) is 8.91. The molecule has 0 aliphatic carbocycles. The van der Waals surface area contributed by atoms with E-state index in [0.717, 1.165) is 6.07 Å². The summed E-state index contributed by atoms with van der Waals surface area (Å²) >= 11 is 7.42. The van der Waals surface area contributed by atoms with E-state index in [-0.39, 0.29) is 16.3 Å². The third-order valence-corrected chi connectivity index (χ3v) is 2.86. The first kappa shape index (κ1) is 11.1. The zero-order valence-corrected chi connectivity index (χ0v) is 9.18. The van der Waals surface area contributed by atoms with Crippen molar-refractivity contribution in [1.29, 1.82) is 0 Å². The lowest BCUT2D eigenvalue weighted by Gasteiger charge is -2.06. The second-order valence-electron chi connectivity index (χ2n) is 2.26. The Morgan fingerprint density at radius 2 is 2.23 bits per heavy atom. The number of hydrogen-bond acceptors (Lipinski definition) is 2. The molecule has 0 saturated carbocycles. The Labute approximate surface area is 92.1 Å². The number of alkyl halides is 2. The molecule has 13 heavy (non-hydrogen) atoms. The highest BCUT2D eigenvalue weighted by atomic mass is 127. The fourth-order valence-electron chi connectivity index (χ4n) is 0.831. The Balaban J connectivity index is 3.25. The van der Waals surface area contributed by atoms with Crippen LogP contribution < -0.4 is 0 Å². The molecule has 0 bridgehead atoms. The fraction of sp³-hybridized carbons (Fsp3) is 0.286. The van der Waals surface area contributed by atoms with Crippen molar-refractivity contribution in [2.24, 2.45) is 0 Å². The van der Waals surface area contributed by atoms with Crippen LogP contribution in [0.25, 0.3) is 0 Å². The van der Waals surface area contributed by atoms with Crippen molar-refractivity contribution in [2.45, 2.75) is 13.0 Å². The van der Waals surface area contributed by atoms with Crippen LogP contribution in [0.5, 0.6) is 0 Å². The molecule has 0 aliphatic heterocycles. The largest absolute Gasteiger partial charge is 0.390 e. The van der Waals surface area contributed by atoms with Crippen LogP contribution >= 0.6 is 34.2 Å². The Hall–Kier alpha value is -0.0100.